The van der Waals surface area contributed by atoms with Crippen molar-refractivity contribution >= 4 is 15.7 Å². The van der Waals surface area contributed by atoms with Crippen molar-refractivity contribution in [3.63, 3.8) is 0 Å². The number of amides is 1. The van der Waals surface area contributed by atoms with Crippen LogP contribution in [0, 0.1) is 5.92 Å². The van der Waals surface area contributed by atoms with Gasteiger partial charge in [-0.15, -0.1) is 0 Å². The van der Waals surface area contributed by atoms with Gasteiger partial charge in [-0.25, -0.2) is 8.42 Å². The summed E-state index contributed by atoms with van der Waals surface area (Å²) in [4.78, 5) is 11.5. The highest BCUT2D eigenvalue weighted by Gasteiger charge is 2.12. The van der Waals surface area contributed by atoms with E-state index in [4.69, 9.17) is 0 Å². The molecule has 1 amide bonds. The maximum absolute atomic E-state index is 11.5. The fraction of sp³-hybridized carbons (Fsp3) is 0.900. The largest absolute Gasteiger partial charge is 0.354 e. The Labute approximate surface area is 97.9 Å². The number of rotatable bonds is 7. The van der Waals surface area contributed by atoms with E-state index in [1.165, 1.54) is 6.26 Å². The van der Waals surface area contributed by atoms with Crippen LogP contribution in [0.5, 0.6) is 0 Å². The summed E-state index contributed by atoms with van der Waals surface area (Å²) in [5, 5.41) is 5.65. The van der Waals surface area contributed by atoms with Gasteiger partial charge in [0.15, 0.2) is 0 Å². The molecule has 0 aliphatic heterocycles. The van der Waals surface area contributed by atoms with E-state index in [1.54, 1.807) is 6.92 Å². The van der Waals surface area contributed by atoms with Gasteiger partial charge in [0.05, 0.1) is 11.8 Å². The van der Waals surface area contributed by atoms with Gasteiger partial charge in [-0.2, -0.15) is 0 Å². The summed E-state index contributed by atoms with van der Waals surface area (Å²) in [5.74, 6) is 0.365. The molecule has 0 aromatic rings. The molecule has 0 rings (SSSR count). The van der Waals surface area contributed by atoms with Crippen LogP contribution in [0.1, 0.15) is 20.8 Å². The molecule has 1 unspecified atom stereocenters. The molecule has 0 fully saturated rings. The molecule has 0 bridgehead atoms. The van der Waals surface area contributed by atoms with Gasteiger partial charge in [0.1, 0.15) is 9.84 Å². The van der Waals surface area contributed by atoms with Gasteiger partial charge < -0.3 is 10.6 Å². The third kappa shape index (κ3) is 8.67. The predicted molar refractivity (Wildman–Crippen MR) is 65.0 cm³/mol. The smallest absolute Gasteiger partial charge is 0.236 e. The quantitative estimate of drug-likeness (QED) is 0.655. The second-order valence-electron chi connectivity index (χ2n) is 4.44. The first-order valence-electron chi connectivity index (χ1n) is 5.41. The van der Waals surface area contributed by atoms with Crippen LogP contribution in [0.25, 0.3) is 0 Å². The average Bonchev–Trinajstić information content (AvgIpc) is 2.11. The first-order valence-corrected chi connectivity index (χ1v) is 7.47. The second-order valence-corrected chi connectivity index (χ2v) is 6.70. The molecule has 6 heteroatoms. The minimum absolute atomic E-state index is 0.0504. The normalized spacial score (nSPS) is 13.8. The number of hydrogen-bond acceptors (Lipinski definition) is 4. The average molecular weight is 250 g/mol. The fourth-order valence-electron chi connectivity index (χ4n) is 1.01. The number of nitrogens with one attached hydrogen (secondary N) is 2. The number of sulfone groups is 1. The van der Waals surface area contributed by atoms with Crippen LogP contribution in [0.4, 0.5) is 0 Å². The number of carbonyl (C=O) groups is 1. The lowest BCUT2D eigenvalue weighted by Crippen LogP contribution is -2.44. The zero-order chi connectivity index (χ0) is 12.8. The predicted octanol–water partition coefficient (Wildman–Crippen LogP) is -0.219. The lowest BCUT2D eigenvalue weighted by molar-refractivity contribution is -0.122. The van der Waals surface area contributed by atoms with Crippen LogP contribution < -0.4 is 10.6 Å². The molecule has 0 aromatic carbocycles. The standard InChI is InChI=1S/C10H22N2O3S/c1-8(2)7-12-10(13)9(3)11-5-6-16(4,14)15/h8-9,11H,5-7H2,1-4H3,(H,12,13). The zero-order valence-electron chi connectivity index (χ0n) is 10.4. The molecule has 2 N–H and O–H groups in total. The molecule has 0 aromatic heterocycles. The van der Waals surface area contributed by atoms with Gasteiger partial charge in [-0.1, -0.05) is 13.8 Å². The topological polar surface area (TPSA) is 75.3 Å². The van der Waals surface area contributed by atoms with E-state index in [1.807, 2.05) is 13.8 Å². The highest BCUT2D eigenvalue weighted by molar-refractivity contribution is 7.90. The van der Waals surface area contributed by atoms with E-state index in [0.29, 0.717) is 19.0 Å². The molecule has 0 spiro atoms. The van der Waals surface area contributed by atoms with Crippen LogP contribution >= 0.6 is 0 Å². The summed E-state index contributed by atoms with van der Waals surface area (Å²) < 4.78 is 21.7. The number of hydrogen-bond donors (Lipinski definition) is 2. The van der Waals surface area contributed by atoms with E-state index in [-0.39, 0.29) is 17.7 Å². The van der Waals surface area contributed by atoms with Crippen LogP contribution in [0.3, 0.4) is 0 Å². The Bertz CT molecular complexity index is 312. The van der Waals surface area contributed by atoms with E-state index < -0.39 is 9.84 Å². The van der Waals surface area contributed by atoms with Crippen molar-refractivity contribution in [2.75, 3.05) is 25.1 Å². The molecule has 0 aliphatic rings. The summed E-state index contributed by atoms with van der Waals surface area (Å²) in [6, 6.07) is -0.361. The first-order chi connectivity index (χ1) is 7.22. The zero-order valence-corrected chi connectivity index (χ0v) is 11.2. The van der Waals surface area contributed by atoms with Gasteiger partial charge in [0.2, 0.25) is 5.91 Å². The van der Waals surface area contributed by atoms with Gasteiger partial charge in [0.25, 0.3) is 0 Å². The second kappa shape index (κ2) is 6.85. The Morgan fingerprint density at radius 2 is 1.81 bits per heavy atom. The van der Waals surface area contributed by atoms with Gasteiger partial charge in [-0.05, 0) is 12.8 Å². The van der Waals surface area contributed by atoms with Crippen molar-refractivity contribution in [2.24, 2.45) is 5.92 Å². The monoisotopic (exact) mass is 250 g/mol. The fourth-order valence-corrected chi connectivity index (χ4v) is 1.50. The summed E-state index contributed by atoms with van der Waals surface area (Å²) in [6.07, 6.45) is 1.18. The molecule has 1 atom stereocenters. The third-order valence-corrected chi connectivity index (χ3v) is 2.95. The van der Waals surface area contributed by atoms with Gasteiger partial charge in [0, 0.05) is 19.3 Å². The Morgan fingerprint density at radius 3 is 2.25 bits per heavy atom. The van der Waals surface area contributed by atoms with Gasteiger partial charge >= 0.3 is 0 Å². The van der Waals surface area contributed by atoms with Crippen molar-refractivity contribution in [3.05, 3.63) is 0 Å². The SMILES string of the molecule is CC(C)CNC(=O)C(C)NCCS(C)(=O)=O. The van der Waals surface area contributed by atoms with Crippen molar-refractivity contribution in [2.45, 2.75) is 26.8 Å². The van der Waals surface area contributed by atoms with Crippen molar-refractivity contribution in [3.8, 4) is 0 Å². The molecular formula is C10H22N2O3S. The minimum Gasteiger partial charge on any atom is -0.354 e. The van der Waals surface area contributed by atoms with Crippen LogP contribution in [0.15, 0.2) is 0 Å². The number of carbonyl (C=O) groups excluding carboxylic acids is 1. The molecule has 0 saturated heterocycles. The Morgan fingerprint density at radius 1 is 1.25 bits per heavy atom. The van der Waals surface area contributed by atoms with E-state index in [2.05, 4.69) is 10.6 Å². The molecule has 0 radical (unpaired) electrons. The van der Waals surface area contributed by atoms with Crippen LogP contribution in [-0.2, 0) is 14.6 Å². The van der Waals surface area contributed by atoms with Crippen molar-refractivity contribution in [1.29, 1.82) is 0 Å². The molecule has 5 nitrogen and oxygen atoms in total. The highest BCUT2D eigenvalue weighted by Crippen LogP contribution is 1.89. The summed E-state index contributed by atoms with van der Waals surface area (Å²) in [7, 11) is -2.97. The maximum Gasteiger partial charge on any atom is 0.236 e. The van der Waals surface area contributed by atoms with E-state index >= 15 is 0 Å². The lowest BCUT2D eigenvalue weighted by Gasteiger charge is -2.14. The first kappa shape index (κ1) is 15.4. The Balaban J connectivity index is 3.80. The van der Waals surface area contributed by atoms with Gasteiger partial charge in [-0.3, -0.25) is 4.79 Å². The molecule has 16 heavy (non-hydrogen) atoms. The lowest BCUT2D eigenvalue weighted by atomic mass is 10.2. The van der Waals surface area contributed by atoms with Crippen LogP contribution in [0.2, 0.25) is 0 Å². The molecule has 0 heterocycles. The summed E-state index contributed by atoms with van der Waals surface area (Å²) in [5.41, 5.74) is 0. The molecule has 96 valence electrons. The van der Waals surface area contributed by atoms with E-state index in [0.717, 1.165) is 0 Å². The molecule has 0 saturated carbocycles. The van der Waals surface area contributed by atoms with Crippen molar-refractivity contribution in [1.82, 2.24) is 10.6 Å². The summed E-state index contributed by atoms with van der Waals surface area (Å²) in [6.45, 7) is 6.69. The maximum atomic E-state index is 11.5. The Hall–Kier alpha value is -0.620. The Kier molecular flexibility index (Phi) is 6.59. The minimum atomic E-state index is -2.97. The highest BCUT2D eigenvalue weighted by atomic mass is 32.2. The van der Waals surface area contributed by atoms with Crippen LogP contribution in [-0.4, -0.2) is 45.5 Å². The van der Waals surface area contributed by atoms with E-state index in [9.17, 15) is 13.2 Å². The molecule has 0 aliphatic carbocycles. The molecular weight excluding hydrogens is 228 g/mol. The summed E-state index contributed by atoms with van der Waals surface area (Å²) >= 11 is 0. The van der Waals surface area contributed by atoms with Crippen molar-refractivity contribution < 1.29 is 13.2 Å². The third-order valence-electron chi connectivity index (χ3n) is 2.00.